The average Bonchev–Trinajstić information content (AvgIpc) is 2.86. The van der Waals surface area contributed by atoms with Crippen LogP contribution in [0.2, 0.25) is 0 Å². The second-order valence-corrected chi connectivity index (χ2v) is 5.52. The van der Waals surface area contributed by atoms with Crippen molar-refractivity contribution in [1.82, 2.24) is 9.97 Å². The molecule has 1 heterocycles. The van der Waals surface area contributed by atoms with Crippen molar-refractivity contribution >= 4 is 5.95 Å². The summed E-state index contributed by atoms with van der Waals surface area (Å²) in [4.78, 5) is 8.85. The van der Waals surface area contributed by atoms with E-state index in [1.54, 1.807) is 0 Å². The Morgan fingerprint density at radius 1 is 1.26 bits per heavy atom. The van der Waals surface area contributed by atoms with Crippen molar-refractivity contribution in [2.45, 2.75) is 52.9 Å². The first-order valence-electron chi connectivity index (χ1n) is 7.40. The fourth-order valence-electron chi connectivity index (χ4n) is 2.89. The highest BCUT2D eigenvalue weighted by Crippen LogP contribution is 2.40. The predicted molar refractivity (Wildman–Crippen MR) is 77.6 cm³/mol. The molecule has 1 saturated carbocycles. The van der Waals surface area contributed by atoms with Crippen LogP contribution in [-0.4, -0.2) is 23.1 Å². The average molecular weight is 263 g/mol. The Bertz CT molecular complexity index is 414. The van der Waals surface area contributed by atoms with Crippen LogP contribution in [0, 0.1) is 12.3 Å². The van der Waals surface area contributed by atoms with E-state index in [-0.39, 0.29) is 0 Å². The molecule has 1 aliphatic carbocycles. The van der Waals surface area contributed by atoms with E-state index in [4.69, 9.17) is 4.74 Å². The minimum absolute atomic E-state index is 0.443. The smallest absolute Gasteiger partial charge is 0.226 e. The van der Waals surface area contributed by atoms with Crippen LogP contribution >= 0.6 is 0 Å². The fourth-order valence-corrected chi connectivity index (χ4v) is 2.89. The van der Waals surface area contributed by atoms with Gasteiger partial charge in [0.2, 0.25) is 11.8 Å². The van der Waals surface area contributed by atoms with Gasteiger partial charge in [0.15, 0.2) is 0 Å². The van der Waals surface area contributed by atoms with Crippen molar-refractivity contribution in [2.75, 3.05) is 18.5 Å². The Hall–Kier alpha value is -1.32. The number of ether oxygens (including phenoxy) is 1. The number of hydrogen-bond acceptors (Lipinski definition) is 4. The van der Waals surface area contributed by atoms with Gasteiger partial charge in [0.1, 0.15) is 0 Å². The minimum atomic E-state index is 0.443. The third kappa shape index (κ3) is 3.58. The van der Waals surface area contributed by atoms with Gasteiger partial charge in [-0.3, -0.25) is 0 Å². The molecule has 0 spiro atoms. The Kier molecular flexibility index (Phi) is 4.61. The Labute approximate surface area is 116 Å². The van der Waals surface area contributed by atoms with Gasteiger partial charge in [-0.15, -0.1) is 0 Å². The summed E-state index contributed by atoms with van der Waals surface area (Å²) in [6, 6.07) is 1.87. The minimum Gasteiger partial charge on any atom is -0.478 e. The summed E-state index contributed by atoms with van der Waals surface area (Å²) in [5.41, 5.74) is 1.39. The van der Waals surface area contributed by atoms with E-state index >= 15 is 0 Å². The molecule has 0 amide bonds. The van der Waals surface area contributed by atoms with Gasteiger partial charge < -0.3 is 10.1 Å². The van der Waals surface area contributed by atoms with Crippen LogP contribution in [0.1, 0.15) is 51.6 Å². The maximum atomic E-state index is 5.46. The van der Waals surface area contributed by atoms with Gasteiger partial charge in [0.25, 0.3) is 0 Å². The Balaban J connectivity index is 2.02. The lowest BCUT2D eigenvalue weighted by Crippen LogP contribution is -2.26. The molecule has 0 bridgehead atoms. The lowest BCUT2D eigenvalue weighted by molar-refractivity contribution is 0.305. The van der Waals surface area contributed by atoms with Crippen LogP contribution in [0.15, 0.2) is 6.07 Å². The van der Waals surface area contributed by atoms with Crippen LogP contribution < -0.4 is 10.1 Å². The van der Waals surface area contributed by atoms with E-state index in [9.17, 15) is 0 Å². The normalized spacial score (nSPS) is 17.4. The highest BCUT2D eigenvalue weighted by molar-refractivity contribution is 5.31. The van der Waals surface area contributed by atoms with E-state index in [0.29, 0.717) is 23.9 Å². The van der Waals surface area contributed by atoms with Crippen LogP contribution in [0.3, 0.4) is 0 Å². The van der Waals surface area contributed by atoms with E-state index in [1.165, 1.54) is 32.1 Å². The second kappa shape index (κ2) is 6.22. The van der Waals surface area contributed by atoms with Crippen molar-refractivity contribution in [2.24, 2.45) is 5.41 Å². The van der Waals surface area contributed by atoms with Crippen molar-refractivity contribution in [1.29, 1.82) is 0 Å². The zero-order valence-corrected chi connectivity index (χ0v) is 12.3. The Morgan fingerprint density at radius 2 is 2.00 bits per heavy atom. The molecule has 1 aliphatic rings. The molecule has 1 N–H and O–H groups in total. The lowest BCUT2D eigenvalue weighted by Gasteiger charge is -2.27. The summed E-state index contributed by atoms with van der Waals surface area (Å²) in [5.74, 6) is 1.36. The highest BCUT2D eigenvalue weighted by atomic mass is 16.5. The van der Waals surface area contributed by atoms with Gasteiger partial charge in [0, 0.05) is 18.3 Å². The molecule has 0 atom stereocenters. The molecular formula is C15H25N3O. The fraction of sp³-hybridized carbons (Fsp3) is 0.733. The van der Waals surface area contributed by atoms with Gasteiger partial charge in [-0.1, -0.05) is 19.8 Å². The zero-order chi connectivity index (χ0) is 13.7. The third-order valence-electron chi connectivity index (χ3n) is 4.16. The van der Waals surface area contributed by atoms with Crippen LogP contribution in [0.5, 0.6) is 5.88 Å². The summed E-state index contributed by atoms with van der Waals surface area (Å²) in [7, 11) is 0. The molecule has 1 aromatic rings. The van der Waals surface area contributed by atoms with Gasteiger partial charge in [0.05, 0.1) is 6.61 Å². The van der Waals surface area contributed by atoms with Gasteiger partial charge >= 0.3 is 0 Å². The lowest BCUT2D eigenvalue weighted by atomic mass is 9.83. The molecule has 1 aromatic heterocycles. The molecule has 0 unspecified atom stereocenters. The number of nitrogens with one attached hydrogen (secondary N) is 1. The van der Waals surface area contributed by atoms with E-state index < -0.39 is 0 Å². The van der Waals surface area contributed by atoms with Crippen molar-refractivity contribution < 1.29 is 4.74 Å². The maximum Gasteiger partial charge on any atom is 0.226 e. The molecule has 1 fully saturated rings. The van der Waals surface area contributed by atoms with Crippen molar-refractivity contribution in [3.05, 3.63) is 11.8 Å². The van der Waals surface area contributed by atoms with Crippen LogP contribution in [0.4, 0.5) is 5.95 Å². The first-order chi connectivity index (χ1) is 9.17. The molecule has 2 rings (SSSR count). The summed E-state index contributed by atoms with van der Waals surface area (Å²) in [5, 5.41) is 3.42. The summed E-state index contributed by atoms with van der Waals surface area (Å²) in [6.07, 6.45) is 6.58. The van der Waals surface area contributed by atoms with Crippen molar-refractivity contribution in [3.63, 3.8) is 0 Å². The standard InChI is InChI=1S/C15H25N3O/c1-4-15(8-6-7-9-15)11-16-14-17-12(3)10-13(18-14)19-5-2/h10H,4-9,11H2,1-3H3,(H,16,17,18). The number of aromatic nitrogens is 2. The molecule has 0 radical (unpaired) electrons. The molecule has 0 aliphatic heterocycles. The first kappa shape index (κ1) is 14.1. The summed E-state index contributed by atoms with van der Waals surface area (Å²) < 4.78 is 5.46. The molecule has 106 valence electrons. The van der Waals surface area contributed by atoms with E-state index in [0.717, 1.165) is 12.2 Å². The topological polar surface area (TPSA) is 47.0 Å². The predicted octanol–water partition coefficient (Wildman–Crippen LogP) is 3.57. The Morgan fingerprint density at radius 3 is 2.63 bits per heavy atom. The van der Waals surface area contributed by atoms with E-state index in [1.807, 2.05) is 19.9 Å². The summed E-state index contributed by atoms with van der Waals surface area (Å²) in [6.45, 7) is 7.83. The van der Waals surface area contributed by atoms with Crippen molar-refractivity contribution in [3.8, 4) is 5.88 Å². The number of aryl methyl sites for hydroxylation is 1. The SMILES string of the molecule is CCOc1cc(C)nc(NCC2(CC)CCCC2)n1. The third-order valence-corrected chi connectivity index (χ3v) is 4.16. The zero-order valence-electron chi connectivity index (χ0n) is 12.3. The molecule has 0 aromatic carbocycles. The quantitative estimate of drug-likeness (QED) is 0.852. The summed E-state index contributed by atoms with van der Waals surface area (Å²) >= 11 is 0. The maximum absolute atomic E-state index is 5.46. The molecule has 0 saturated heterocycles. The number of nitrogens with zero attached hydrogens (tertiary/aromatic N) is 2. The van der Waals surface area contributed by atoms with Crippen LogP contribution in [-0.2, 0) is 0 Å². The molecular weight excluding hydrogens is 238 g/mol. The number of hydrogen-bond donors (Lipinski definition) is 1. The van der Waals surface area contributed by atoms with Gasteiger partial charge in [-0.05, 0) is 38.5 Å². The first-order valence-corrected chi connectivity index (χ1v) is 7.40. The molecule has 4 nitrogen and oxygen atoms in total. The second-order valence-electron chi connectivity index (χ2n) is 5.52. The largest absolute Gasteiger partial charge is 0.478 e. The van der Waals surface area contributed by atoms with Crippen LogP contribution in [0.25, 0.3) is 0 Å². The highest BCUT2D eigenvalue weighted by Gasteiger charge is 2.31. The monoisotopic (exact) mass is 263 g/mol. The number of anilines is 1. The van der Waals surface area contributed by atoms with E-state index in [2.05, 4.69) is 22.2 Å². The molecule has 19 heavy (non-hydrogen) atoms. The van der Waals surface area contributed by atoms with Gasteiger partial charge in [-0.2, -0.15) is 4.98 Å². The molecule has 4 heteroatoms. The van der Waals surface area contributed by atoms with Gasteiger partial charge in [-0.25, -0.2) is 4.98 Å². The number of rotatable bonds is 6.